The summed E-state index contributed by atoms with van der Waals surface area (Å²) in [6.07, 6.45) is 0. The molecule has 0 saturated heterocycles. The fraction of sp³-hybridized carbons (Fsp3) is 0.364. The monoisotopic (exact) mass is 354 g/mol. The van der Waals surface area contributed by atoms with Crippen LogP contribution in [0, 0.1) is 41.5 Å². The molecule has 2 heteroatoms. The van der Waals surface area contributed by atoms with Crippen molar-refractivity contribution in [3.63, 3.8) is 0 Å². The summed E-state index contributed by atoms with van der Waals surface area (Å²) in [6, 6.07) is 9.18. The maximum atomic E-state index is 2.30. The van der Waals surface area contributed by atoms with Crippen molar-refractivity contribution < 1.29 is 0 Å². The van der Waals surface area contributed by atoms with Gasteiger partial charge in [-0.2, -0.15) is 0 Å². The lowest BCUT2D eigenvalue weighted by Gasteiger charge is -2.11. The van der Waals surface area contributed by atoms with E-state index < -0.39 is 0 Å². The molecule has 126 valence electrons. The van der Waals surface area contributed by atoms with Crippen LogP contribution in [0.3, 0.4) is 0 Å². The second-order valence-corrected chi connectivity index (χ2v) is 9.57. The maximum absolute atomic E-state index is 2.30. The molecule has 0 spiro atoms. The average Bonchev–Trinajstić information content (AvgIpc) is 2.46. The molecule has 0 radical (unpaired) electrons. The zero-order valence-electron chi connectivity index (χ0n) is 16.2. The van der Waals surface area contributed by atoms with Crippen molar-refractivity contribution in [2.45, 2.75) is 55.4 Å². The van der Waals surface area contributed by atoms with Gasteiger partial charge in [0.25, 0.3) is 0 Å². The fourth-order valence-electron chi connectivity index (χ4n) is 3.19. The van der Waals surface area contributed by atoms with Crippen molar-refractivity contribution >= 4 is 37.6 Å². The van der Waals surface area contributed by atoms with E-state index in [1.165, 1.54) is 71.0 Å². The van der Waals surface area contributed by atoms with E-state index in [1.807, 2.05) is 0 Å². The highest BCUT2D eigenvalue weighted by atomic mass is 31.1. The lowest BCUT2D eigenvalue weighted by molar-refractivity contribution is 1.36. The Morgan fingerprint density at radius 3 is 1.04 bits per heavy atom. The number of aryl methyl sites for hydroxylation is 6. The van der Waals surface area contributed by atoms with Gasteiger partial charge in [0.15, 0.2) is 0 Å². The van der Waals surface area contributed by atoms with Crippen molar-refractivity contribution in [1.82, 2.24) is 0 Å². The molecule has 0 nitrogen and oxygen atoms in total. The van der Waals surface area contributed by atoms with Crippen LogP contribution < -0.4 is 10.6 Å². The lowest BCUT2D eigenvalue weighted by Crippen LogP contribution is -2.11. The summed E-state index contributed by atoms with van der Waals surface area (Å²) in [4.78, 5) is 0. The lowest BCUT2D eigenvalue weighted by atomic mass is 10.1. The zero-order chi connectivity index (χ0) is 18.0. The zero-order valence-corrected chi connectivity index (χ0v) is 18.0. The Kier molecular flexibility index (Phi) is 6.19. The summed E-state index contributed by atoms with van der Waals surface area (Å²) < 4.78 is 0. The molecular weight excluding hydrogens is 326 g/mol. The van der Waals surface area contributed by atoms with Crippen LogP contribution in [-0.4, -0.2) is 10.6 Å². The van der Waals surface area contributed by atoms with E-state index in [-0.39, 0.29) is 0 Å². The van der Waals surface area contributed by atoms with Crippen molar-refractivity contribution in [3.05, 3.63) is 57.6 Å². The van der Waals surface area contributed by atoms with Gasteiger partial charge in [0.1, 0.15) is 0 Å². The van der Waals surface area contributed by atoms with E-state index in [0.29, 0.717) is 0 Å². The summed E-state index contributed by atoms with van der Waals surface area (Å²) in [6.45, 7) is 17.8. The summed E-state index contributed by atoms with van der Waals surface area (Å²) in [7, 11) is 2.69. The van der Waals surface area contributed by atoms with Crippen LogP contribution in [0.1, 0.15) is 47.2 Å². The molecule has 0 amide bonds. The van der Waals surface area contributed by atoms with E-state index in [2.05, 4.69) is 79.7 Å². The van der Waals surface area contributed by atoms with E-state index in [9.17, 15) is 0 Å². The summed E-state index contributed by atoms with van der Waals surface area (Å²) in [5, 5.41) is 5.85. The first kappa shape index (κ1) is 19.1. The van der Waals surface area contributed by atoms with Gasteiger partial charge < -0.3 is 0 Å². The minimum Gasteiger partial charge on any atom is -0.0640 e. The highest BCUT2D eigenvalue weighted by Gasteiger charge is 2.06. The molecule has 0 aliphatic rings. The van der Waals surface area contributed by atoms with Gasteiger partial charge in [-0.25, -0.2) is 0 Å². The van der Waals surface area contributed by atoms with Gasteiger partial charge in [0.2, 0.25) is 0 Å². The minimum atomic E-state index is 1.34. The SMILES string of the molecule is CC(=Pc1c(C)cc(C)cc1C)C(C)=Pc1c(C)cc(C)cc1C. The maximum Gasteiger partial charge on any atom is 0.00791 e. The molecule has 0 aliphatic carbocycles. The predicted molar refractivity (Wildman–Crippen MR) is 116 cm³/mol. The Morgan fingerprint density at radius 2 is 0.792 bits per heavy atom. The molecule has 0 N–H and O–H groups in total. The van der Waals surface area contributed by atoms with E-state index in [0.717, 1.165) is 0 Å². The molecule has 0 fully saturated rings. The molecule has 2 aromatic carbocycles. The molecule has 24 heavy (non-hydrogen) atoms. The average molecular weight is 354 g/mol. The normalized spacial score (nSPS) is 12.7. The number of hydrogen-bond acceptors (Lipinski definition) is 0. The van der Waals surface area contributed by atoms with Crippen LogP contribution in [0.4, 0.5) is 0 Å². The molecule has 0 aliphatic heterocycles. The number of benzene rings is 2. The van der Waals surface area contributed by atoms with E-state index in [1.54, 1.807) is 0 Å². The van der Waals surface area contributed by atoms with Crippen molar-refractivity contribution in [2.24, 2.45) is 0 Å². The molecule has 0 bridgehead atoms. The Morgan fingerprint density at radius 1 is 0.542 bits per heavy atom. The number of rotatable bonds is 3. The molecule has 0 unspecified atom stereocenters. The summed E-state index contributed by atoms with van der Waals surface area (Å²) in [5.41, 5.74) is 8.32. The highest BCUT2D eigenvalue weighted by Crippen LogP contribution is 2.18. The predicted octanol–water partition coefficient (Wildman–Crippen LogP) is 5.76. The van der Waals surface area contributed by atoms with Crippen LogP contribution in [0.15, 0.2) is 24.3 Å². The molecule has 2 rings (SSSR count). The molecule has 0 heterocycles. The molecule has 0 atom stereocenters. The Hall–Kier alpha value is -1.22. The largest absolute Gasteiger partial charge is 0.0640 e. The van der Waals surface area contributed by atoms with Crippen molar-refractivity contribution in [1.29, 1.82) is 0 Å². The van der Waals surface area contributed by atoms with Crippen molar-refractivity contribution in [3.8, 4) is 0 Å². The summed E-state index contributed by atoms with van der Waals surface area (Å²) >= 11 is 0. The third-order valence-electron chi connectivity index (χ3n) is 4.35. The van der Waals surface area contributed by atoms with Crippen LogP contribution in [0.5, 0.6) is 0 Å². The van der Waals surface area contributed by atoms with E-state index in [4.69, 9.17) is 0 Å². The fourth-order valence-corrected chi connectivity index (χ4v) is 5.45. The first-order valence-electron chi connectivity index (χ1n) is 8.45. The molecule has 0 aromatic heterocycles. The first-order valence-corrected chi connectivity index (χ1v) is 10.2. The second kappa shape index (κ2) is 7.77. The van der Waals surface area contributed by atoms with Gasteiger partial charge in [-0.3, -0.25) is 0 Å². The quantitative estimate of drug-likeness (QED) is 0.614. The molecule has 2 aromatic rings. The van der Waals surface area contributed by atoms with Gasteiger partial charge in [-0.05, 0) is 88.2 Å². The number of hydrogen-bond donors (Lipinski definition) is 0. The van der Waals surface area contributed by atoms with Crippen LogP contribution in [0.25, 0.3) is 0 Å². The van der Waals surface area contributed by atoms with Crippen LogP contribution in [-0.2, 0) is 0 Å². The first-order chi connectivity index (χ1) is 11.2. The van der Waals surface area contributed by atoms with Gasteiger partial charge >= 0.3 is 0 Å². The standard InChI is InChI=1S/C22H28P2/c1-13-9-15(3)21(16(4)10-13)23-19(7)20(8)24-22-17(5)11-14(2)12-18(22)6/h9-12H,1-8H3. The van der Waals surface area contributed by atoms with E-state index >= 15 is 0 Å². The van der Waals surface area contributed by atoms with Crippen LogP contribution in [0.2, 0.25) is 0 Å². The molecule has 0 saturated carbocycles. The van der Waals surface area contributed by atoms with Gasteiger partial charge in [-0.15, -0.1) is 0 Å². The summed E-state index contributed by atoms with van der Waals surface area (Å²) in [5.74, 6) is 0. The topological polar surface area (TPSA) is 0 Å². The van der Waals surface area contributed by atoms with Crippen molar-refractivity contribution in [2.75, 3.05) is 0 Å². The Bertz CT molecular complexity index is 722. The molecular formula is C22H28P2. The third kappa shape index (κ3) is 4.44. The highest BCUT2D eigenvalue weighted by molar-refractivity contribution is 7.60. The van der Waals surface area contributed by atoms with Crippen LogP contribution >= 0.6 is 16.4 Å². The van der Waals surface area contributed by atoms with Gasteiger partial charge in [0, 0.05) is 10.6 Å². The third-order valence-corrected chi connectivity index (χ3v) is 7.73. The minimum absolute atomic E-state index is 1.34. The van der Waals surface area contributed by atoms with Gasteiger partial charge in [-0.1, -0.05) is 51.8 Å². The Labute approximate surface area is 150 Å². The smallest absolute Gasteiger partial charge is 0.00791 e. The van der Waals surface area contributed by atoms with Gasteiger partial charge in [0.05, 0.1) is 0 Å². The Balaban J connectivity index is 2.45. The second-order valence-electron chi connectivity index (χ2n) is 6.89.